The number of phenols is 1. The van der Waals surface area contributed by atoms with Gasteiger partial charge < -0.3 is 20.6 Å². The monoisotopic (exact) mass is 583 g/mol. The molecule has 212 valence electrons. The number of nitrogens with zero attached hydrogens (tertiary/aromatic N) is 1. The standard InChI is InChI=1S/C29H33N3O6S2/c1-18(2)17-39-23-11-13-24(14-12-23)40(37,38)19(3)27(34)30-22-10-15-25(26(33)16-22)31-28(35)20-6-8-21(9-7-20)29(36)32(4)5/h6-16,18-19,33H,17H2,1-5H3,(H,30,34)(H,31,35). The van der Waals surface area contributed by atoms with Gasteiger partial charge in [-0.25, -0.2) is 8.42 Å². The highest BCUT2D eigenvalue weighted by molar-refractivity contribution is 7.99. The lowest BCUT2D eigenvalue weighted by Crippen LogP contribution is -2.32. The average molecular weight is 584 g/mol. The molecule has 0 aliphatic rings. The summed E-state index contributed by atoms with van der Waals surface area (Å²) in [5.41, 5.74) is 0.957. The number of phenolic OH excluding ortho intramolecular Hbond substituents is 1. The highest BCUT2D eigenvalue weighted by Gasteiger charge is 2.30. The first-order valence-electron chi connectivity index (χ1n) is 12.5. The van der Waals surface area contributed by atoms with E-state index in [0.717, 1.165) is 10.6 Å². The minimum Gasteiger partial charge on any atom is -0.506 e. The molecule has 3 amide bonds. The lowest BCUT2D eigenvalue weighted by Gasteiger charge is -2.15. The number of benzene rings is 3. The zero-order valence-corrected chi connectivity index (χ0v) is 24.6. The van der Waals surface area contributed by atoms with E-state index in [-0.39, 0.29) is 33.5 Å². The van der Waals surface area contributed by atoms with E-state index in [1.165, 1.54) is 66.4 Å². The van der Waals surface area contributed by atoms with Crippen LogP contribution in [-0.2, 0) is 14.6 Å². The molecule has 40 heavy (non-hydrogen) atoms. The number of amides is 3. The highest BCUT2D eigenvalue weighted by atomic mass is 32.2. The van der Waals surface area contributed by atoms with Crippen molar-refractivity contribution in [1.29, 1.82) is 0 Å². The summed E-state index contributed by atoms with van der Waals surface area (Å²) >= 11 is 1.63. The number of hydrogen-bond acceptors (Lipinski definition) is 7. The quantitative estimate of drug-likeness (QED) is 0.229. The maximum Gasteiger partial charge on any atom is 0.255 e. The van der Waals surface area contributed by atoms with Gasteiger partial charge >= 0.3 is 0 Å². The predicted molar refractivity (Wildman–Crippen MR) is 158 cm³/mol. The van der Waals surface area contributed by atoms with Crippen LogP contribution in [0, 0.1) is 5.92 Å². The summed E-state index contributed by atoms with van der Waals surface area (Å²) < 4.78 is 26.0. The van der Waals surface area contributed by atoms with Crippen LogP contribution in [0.4, 0.5) is 11.4 Å². The van der Waals surface area contributed by atoms with Gasteiger partial charge in [0.15, 0.2) is 9.84 Å². The number of nitrogens with one attached hydrogen (secondary N) is 2. The number of carbonyl (C=O) groups excluding carboxylic acids is 3. The van der Waals surface area contributed by atoms with Crippen molar-refractivity contribution in [2.75, 3.05) is 30.5 Å². The molecule has 0 radical (unpaired) electrons. The van der Waals surface area contributed by atoms with Crippen molar-refractivity contribution in [1.82, 2.24) is 4.90 Å². The lowest BCUT2D eigenvalue weighted by molar-refractivity contribution is -0.115. The number of carbonyl (C=O) groups is 3. The van der Waals surface area contributed by atoms with Crippen LogP contribution < -0.4 is 10.6 Å². The fraction of sp³-hybridized carbons (Fsp3) is 0.276. The van der Waals surface area contributed by atoms with Crippen molar-refractivity contribution in [2.24, 2.45) is 5.92 Å². The van der Waals surface area contributed by atoms with Gasteiger partial charge in [0.05, 0.1) is 10.6 Å². The molecule has 0 saturated carbocycles. The van der Waals surface area contributed by atoms with Crippen molar-refractivity contribution in [3.8, 4) is 5.75 Å². The number of rotatable bonds is 10. The minimum atomic E-state index is -3.95. The summed E-state index contributed by atoms with van der Waals surface area (Å²) in [7, 11) is -0.691. The molecule has 0 saturated heterocycles. The SMILES string of the molecule is CC(C)CSc1ccc(S(=O)(=O)C(C)C(=O)Nc2ccc(NC(=O)c3ccc(C(=O)N(C)C)cc3)c(O)c2)cc1. The molecule has 0 aliphatic heterocycles. The predicted octanol–water partition coefficient (Wildman–Crippen LogP) is 4.90. The van der Waals surface area contributed by atoms with Gasteiger partial charge in [0.2, 0.25) is 5.91 Å². The Bertz CT molecular complexity index is 1490. The van der Waals surface area contributed by atoms with E-state index in [1.807, 2.05) is 0 Å². The van der Waals surface area contributed by atoms with E-state index in [2.05, 4.69) is 24.5 Å². The van der Waals surface area contributed by atoms with Crippen molar-refractivity contribution < 1.29 is 27.9 Å². The normalized spacial score (nSPS) is 12.1. The molecule has 3 N–H and O–H groups in total. The maximum absolute atomic E-state index is 13.0. The summed E-state index contributed by atoms with van der Waals surface area (Å²) in [6.07, 6.45) is 0. The third kappa shape index (κ3) is 7.64. The van der Waals surface area contributed by atoms with E-state index in [9.17, 15) is 27.9 Å². The molecule has 9 nitrogen and oxygen atoms in total. The molecular formula is C29H33N3O6S2. The number of anilines is 2. The first-order chi connectivity index (χ1) is 18.8. The van der Waals surface area contributed by atoms with Gasteiger partial charge in [0.25, 0.3) is 11.8 Å². The Morgan fingerprint density at radius 2 is 1.48 bits per heavy atom. The van der Waals surface area contributed by atoms with E-state index < -0.39 is 26.9 Å². The van der Waals surface area contributed by atoms with Gasteiger partial charge in [0, 0.05) is 47.6 Å². The molecule has 0 aliphatic carbocycles. The zero-order valence-electron chi connectivity index (χ0n) is 23.0. The van der Waals surface area contributed by atoms with Crippen molar-refractivity contribution in [3.05, 3.63) is 77.9 Å². The molecular weight excluding hydrogens is 550 g/mol. The summed E-state index contributed by atoms with van der Waals surface area (Å²) in [6.45, 7) is 5.51. The van der Waals surface area contributed by atoms with Gasteiger partial charge in [0.1, 0.15) is 11.0 Å². The molecule has 3 rings (SSSR count). The first-order valence-corrected chi connectivity index (χ1v) is 15.1. The van der Waals surface area contributed by atoms with E-state index in [4.69, 9.17) is 0 Å². The molecule has 3 aromatic rings. The second-order valence-corrected chi connectivity index (χ2v) is 13.2. The topological polar surface area (TPSA) is 133 Å². The first kappa shape index (κ1) is 30.7. The van der Waals surface area contributed by atoms with E-state index >= 15 is 0 Å². The molecule has 0 aromatic heterocycles. The smallest absolute Gasteiger partial charge is 0.255 e. The number of thioether (sulfide) groups is 1. The summed E-state index contributed by atoms with van der Waals surface area (Å²) in [6, 6.07) is 16.6. The Kier molecular flexibility index (Phi) is 9.99. The Hall–Kier alpha value is -3.83. The molecule has 0 spiro atoms. The van der Waals surface area contributed by atoms with Gasteiger partial charge in [-0.1, -0.05) is 13.8 Å². The Balaban J connectivity index is 1.64. The van der Waals surface area contributed by atoms with E-state index in [0.29, 0.717) is 11.5 Å². The van der Waals surface area contributed by atoms with Crippen LogP contribution in [0.15, 0.2) is 76.5 Å². The third-order valence-corrected chi connectivity index (χ3v) is 9.40. The van der Waals surface area contributed by atoms with Crippen LogP contribution in [0.2, 0.25) is 0 Å². The van der Waals surface area contributed by atoms with Crippen LogP contribution in [0.3, 0.4) is 0 Å². The van der Waals surface area contributed by atoms with Crippen molar-refractivity contribution >= 4 is 50.7 Å². The largest absolute Gasteiger partial charge is 0.506 e. The number of aromatic hydroxyl groups is 1. The van der Waals surface area contributed by atoms with Gasteiger partial charge in [-0.2, -0.15) is 0 Å². The van der Waals surface area contributed by atoms with Gasteiger partial charge in [-0.05, 0) is 73.5 Å². The molecule has 0 bridgehead atoms. The van der Waals surface area contributed by atoms with Crippen LogP contribution in [0.1, 0.15) is 41.5 Å². The minimum absolute atomic E-state index is 0.0454. The average Bonchev–Trinajstić information content (AvgIpc) is 2.92. The Morgan fingerprint density at radius 1 is 0.875 bits per heavy atom. The van der Waals surface area contributed by atoms with Crippen molar-refractivity contribution in [2.45, 2.75) is 35.8 Å². The summed E-state index contributed by atoms with van der Waals surface area (Å²) in [4.78, 5) is 39.8. The fourth-order valence-electron chi connectivity index (χ4n) is 3.51. The molecule has 0 heterocycles. The fourth-order valence-corrected chi connectivity index (χ4v) is 5.63. The van der Waals surface area contributed by atoms with Crippen LogP contribution in [0.5, 0.6) is 5.75 Å². The Morgan fingerprint density at radius 3 is 2.02 bits per heavy atom. The summed E-state index contributed by atoms with van der Waals surface area (Å²) in [5.74, 6) is -0.382. The maximum atomic E-state index is 13.0. The molecule has 1 atom stereocenters. The lowest BCUT2D eigenvalue weighted by atomic mass is 10.1. The molecule has 11 heteroatoms. The molecule has 3 aromatic carbocycles. The molecule has 0 fully saturated rings. The van der Waals surface area contributed by atoms with Gasteiger partial charge in [-0.3, -0.25) is 14.4 Å². The summed E-state index contributed by atoms with van der Waals surface area (Å²) in [5, 5.41) is 14.1. The van der Waals surface area contributed by atoms with Gasteiger partial charge in [-0.15, -0.1) is 11.8 Å². The zero-order chi connectivity index (χ0) is 29.6. The highest BCUT2D eigenvalue weighted by Crippen LogP contribution is 2.28. The van der Waals surface area contributed by atoms with Crippen LogP contribution in [-0.4, -0.2) is 61.2 Å². The second-order valence-electron chi connectivity index (χ2n) is 9.82. The Labute approximate surface area is 238 Å². The molecule has 1 unspecified atom stereocenters. The second kappa shape index (κ2) is 13.0. The van der Waals surface area contributed by atoms with Crippen LogP contribution in [0.25, 0.3) is 0 Å². The third-order valence-electron chi connectivity index (χ3n) is 5.88. The van der Waals surface area contributed by atoms with E-state index in [1.54, 1.807) is 38.0 Å². The number of hydrogen-bond donors (Lipinski definition) is 3. The number of sulfone groups is 1. The van der Waals surface area contributed by atoms with Crippen molar-refractivity contribution in [3.63, 3.8) is 0 Å². The van der Waals surface area contributed by atoms with Crippen LogP contribution >= 0.6 is 11.8 Å².